The van der Waals surface area contributed by atoms with Crippen molar-refractivity contribution in [3.05, 3.63) is 71.8 Å². The van der Waals surface area contributed by atoms with Gasteiger partial charge < -0.3 is 14.2 Å². The van der Waals surface area contributed by atoms with Crippen molar-refractivity contribution in [1.29, 1.82) is 0 Å². The molecular formula is C39H58O6. The highest BCUT2D eigenvalue weighted by atomic mass is 16.6. The molecule has 6 nitrogen and oxygen atoms in total. The first kappa shape index (κ1) is 38.0. The van der Waals surface area contributed by atoms with Crippen LogP contribution in [0, 0.1) is 5.92 Å². The Hall–Kier alpha value is -3.15. The van der Waals surface area contributed by atoms with Crippen molar-refractivity contribution in [3.8, 4) is 0 Å². The fourth-order valence-electron chi connectivity index (χ4n) is 5.42. The molecule has 0 heterocycles. The molecule has 0 aliphatic heterocycles. The molecule has 6 heteroatoms. The van der Waals surface area contributed by atoms with Gasteiger partial charge in [-0.05, 0) is 49.7 Å². The van der Waals surface area contributed by atoms with Gasteiger partial charge >= 0.3 is 17.9 Å². The monoisotopic (exact) mass is 622 g/mol. The van der Waals surface area contributed by atoms with E-state index >= 15 is 0 Å². The van der Waals surface area contributed by atoms with Crippen molar-refractivity contribution in [2.45, 2.75) is 149 Å². The Morgan fingerprint density at radius 2 is 0.956 bits per heavy atom. The van der Waals surface area contributed by atoms with E-state index < -0.39 is 17.9 Å². The molecule has 45 heavy (non-hydrogen) atoms. The number of hydrogen-bond acceptors (Lipinski definition) is 6. The van der Waals surface area contributed by atoms with Gasteiger partial charge in [0, 0.05) is 6.42 Å². The van der Waals surface area contributed by atoms with Crippen LogP contribution in [0.1, 0.15) is 141 Å². The van der Waals surface area contributed by atoms with E-state index in [1.54, 1.807) is 0 Å². The molecule has 2 aromatic carbocycles. The third-order valence-corrected chi connectivity index (χ3v) is 8.20. The molecular weight excluding hydrogens is 564 g/mol. The Bertz CT molecular complexity index is 967. The summed E-state index contributed by atoms with van der Waals surface area (Å²) in [5.74, 6) is -2.43. The summed E-state index contributed by atoms with van der Waals surface area (Å²) in [5, 5.41) is 0. The molecule has 0 amide bonds. The van der Waals surface area contributed by atoms with Crippen molar-refractivity contribution in [2.75, 3.05) is 0 Å². The fraction of sp³-hybridized carbons (Fsp3) is 0.615. The maximum atomic E-state index is 13.0. The smallest absolute Gasteiger partial charge is 0.320 e. The second-order valence-corrected chi connectivity index (χ2v) is 12.2. The quantitative estimate of drug-likeness (QED) is 0.0450. The van der Waals surface area contributed by atoms with Gasteiger partial charge in [-0.1, -0.05) is 145 Å². The van der Waals surface area contributed by atoms with Crippen LogP contribution in [0.4, 0.5) is 0 Å². The predicted octanol–water partition coefficient (Wildman–Crippen LogP) is 10.1. The molecule has 0 saturated carbocycles. The number of ether oxygens (including phenoxy) is 3. The van der Waals surface area contributed by atoms with Gasteiger partial charge in [-0.15, -0.1) is 0 Å². The molecule has 0 aromatic heterocycles. The van der Waals surface area contributed by atoms with E-state index in [0.29, 0.717) is 12.8 Å². The van der Waals surface area contributed by atoms with E-state index in [1.807, 2.05) is 60.7 Å². The lowest BCUT2D eigenvalue weighted by Crippen LogP contribution is -2.28. The summed E-state index contributed by atoms with van der Waals surface area (Å²) in [4.78, 5) is 38.8. The van der Waals surface area contributed by atoms with Gasteiger partial charge in [0.15, 0.2) is 5.92 Å². The van der Waals surface area contributed by atoms with Crippen molar-refractivity contribution in [1.82, 2.24) is 0 Å². The second-order valence-electron chi connectivity index (χ2n) is 12.2. The van der Waals surface area contributed by atoms with Crippen LogP contribution in [0.15, 0.2) is 60.7 Å². The first-order valence-corrected chi connectivity index (χ1v) is 17.6. The van der Waals surface area contributed by atoms with E-state index in [-0.39, 0.29) is 38.1 Å². The summed E-state index contributed by atoms with van der Waals surface area (Å²) in [5.41, 5.74) is 1.70. The number of benzene rings is 2. The lowest BCUT2D eigenvalue weighted by Gasteiger charge is -2.18. The molecule has 0 N–H and O–H groups in total. The summed E-state index contributed by atoms with van der Waals surface area (Å²) < 4.78 is 17.0. The number of rotatable bonds is 26. The predicted molar refractivity (Wildman–Crippen MR) is 180 cm³/mol. The molecule has 2 aromatic rings. The maximum Gasteiger partial charge on any atom is 0.320 e. The first-order chi connectivity index (χ1) is 22.0. The van der Waals surface area contributed by atoms with E-state index in [1.165, 1.54) is 64.2 Å². The van der Waals surface area contributed by atoms with Crippen molar-refractivity contribution in [2.24, 2.45) is 5.92 Å². The Morgan fingerprint density at radius 1 is 0.533 bits per heavy atom. The zero-order chi connectivity index (χ0) is 32.4. The number of carbonyl (C=O) groups excluding carboxylic acids is 3. The van der Waals surface area contributed by atoms with Crippen LogP contribution >= 0.6 is 0 Å². The minimum atomic E-state index is -1.04. The highest BCUT2D eigenvalue weighted by molar-refractivity contribution is 5.94. The molecule has 0 bridgehead atoms. The molecule has 0 saturated heterocycles. The Morgan fingerprint density at radius 3 is 1.42 bits per heavy atom. The Kier molecular flexibility index (Phi) is 21.2. The topological polar surface area (TPSA) is 78.9 Å². The van der Waals surface area contributed by atoms with Gasteiger partial charge in [0.2, 0.25) is 0 Å². The van der Waals surface area contributed by atoms with Gasteiger partial charge in [0.05, 0.1) is 0 Å². The van der Waals surface area contributed by atoms with Gasteiger partial charge in [0.1, 0.15) is 19.3 Å². The number of unbranched alkanes of at least 4 members (excludes halogenated alkanes) is 11. The van der Waals surface area contributed by atoms with E-state index in [9.17, 15) is 14.4 Å². The lowest BCUT2D eigenvalue weighted by molar-refractivity contribution is -0.164. The maximum absolute atomic E-state index is 13.0. The van der Waals surface area contributed by atoms with Crippen LogP contribution in [0.2, 0.25) is 0 Å². The van der Waals surface area contributed by atoms with Crippen LogP contribution in [-0.2, 0) is 41.8 Å². The summed E-state index contributed by atoms with van der Waals surface area (Å²) in [6.45, 7) is 4.64. The van der Waals surface area contributed by atoms with Crippen LogP contribution < -0.4 is 0 Å². The molecule has 0 fully saturated rings. The summed E-state index contributed by atoms with van der Waals surface area (Å²) in [6, 6.07) is 18.8. The standard InChI is InChI=1S/C39H58O6/c1-3-5-7-9-11-19-27-35(28-20-12-10-8-6-4-2)45-37(40)30-22-21-29-36(38(41)43-31-33-23-15-13-16-24-33)39(42)44-32-34-25-17-14-18-26-34/h13-18,23-26,35-36H,3-12,19-22,27-32H2,1-2H3. The van der Waals surface area contributed by atoms with Crippen LogP contribution in [0.3, 0.4) is 0 Å². The van der Waals surface area contributed by atoms with Crippen LogP contribution in [0.5, 0.6) is 0 Å². The third kappa shape index (κ3) is 18.4. The van der Waals surface area contributed by atoms with Gasteiger partial charge in [0.25, 0.3) is 0 Å². The molecule has 250 valence electrons. The Labute approximate surface area is 272 Å². The summed E-state index contributed by atoms with van der Waals surface area (Å²) >= 11 is 0. The molecule has 0 spiro atoms. The van der Waals surface area contributed by atoms with Gasteiger partial charge in [-0.2, -0.15) is 0 Å². The third-order valence-electron chi connectivity index (χ3n) is 8.20. The highest BCUT2D eigenvalue weighted by Crippen LogP contribution is 2.20. The van der Waals surface area contributed by atoms with Crippen LogP contribution in [-0.4, -0.2) is 24.0 Å². The molecule has 0 atom stereocenters. The average Bonchev–Trinajstić information content (AvgIpc) is 3.06. The second kappa shape index (κ2) is 25.1. The number of carbonyl (C=O) groups is 3. The van der Waals surface area contributed by atoms with E-state index in [4.69, 9.17) is 14.2 Å². The minimum absolute atomic E-state index is 0.0245. The molecule has 2 rings (SSSR count). The fourth-order valence-corrected chi connectivity index (χ4v) is 5.42. The van der Waals surface area contributed by atoms with E-state index in [2.05, 4.69) is 13.8 Å². The molecule has 0 aliphatic carbocycles. The zero-order valence-electron chi connectivity index (χ0n) is 28.0. The minimum Gasteiger partial charge on any atom is -0.462 e. The van der Waals surface area contributed by atoms with Crippen molar-refractivity contribution >= 4 is 17.9 Å². The van der Waals surface area contributed by atoms with Crippen LogP contribution in [0.25, 0.3) is 0 Å². The molecule has 0 aliphatic rings. The normalized spacial score (nSPS) is 11.1. The summed E-state index contributed by atoms with van der Waals surface area (Å²) in [6.07, 6.45) is 18.1. The molecule has 0 unspecified atom stereocenters. The average molecular weight is 623 g/mol. The number of esters is 3. The SMILES string of the molecule is CCCCCCCCC(CCCCCCCC)OC(=O)CCCCC(C(=O)OCc1ccccc1)C(=O)OCc1ccccc1. The lowest BCUT2D eigenvalue weighted by atomic mass is 10.0. The van der Waals surface area contributed by atoms with E-state index in [0.717, 1.165) is 36.8 Å². The largest absolute Gasteiger partial charge is 0.462 e. The number of hydrogen-bond donors (Lipinski definition) is 0. The van der Waals surface area contributed by atoms with Gasteiger partial charge in [-0.25, -0.2) is 0 Å². The Balaban J connectivity index is 1.84. The highest BCUT2D eigenvalue weighted by Gasteiger charge is 2.29. The molecule has 0 radical (unpaired) electrons. The zero-order valence-corrected chi connectivity index (χ0v) is 28.0. The summed E-state index contributed by atoms with van der Waals surface area (Å²) in [7, 11) is 0. The van der Waals surface area contributed by atoms with Crippen molar-refractivity contribution in [3.63, 3.8) is 0 Å². The first-order valence-electron chi connectivity index (χ1n) is 17.6. The van der Waals surface area contributed by atoms with Crippen molar-refractivity contribution < 1.29 is 28.6 Å². The van der Waals surface area contributed by atoms with Gasteiger partial charge in [-0.3, -0.25) is 14.4 Å².